The Labute approximate surface area is 121 Å². The maximum absolute atomic E-state index is 12.0. The minimum Gasteiger partial charge on any atom is -0.384 e. The molecular weight excluding hydrogens is 278 g/mol. The molecule has 0 saturated carbocycles. The number of aromatic nitrogens is 2. The van der Waals surface area contributed by atoms with Crippen molar-refractivity contribution >= 4 is 23.2 Å². The number of carbonyl (C=O) groups excluding carboxylic acids is 1. The van der Waals surface area contributed by atoms with Gasteiger partial charge < -0.3 is 10.4 Å². The lowest BCUT2D eigenvalue weighted by molar-refractivity contribution is 0.102. The van der Waals surface area contributed by atoms with Crippen LogP contribution in [-0.2, 0) is 7.05 Å². The van der Waals surface area contributed by atoms with Crippen LogP contribution < -0.4 is 5.32 Å². The number of nitrogens with one attached hydrogen (secondary N) is 1. The van der Waals surface area contributed by atoms with Gasteiger partial charge in [-0.3, -0.25) is 9.48 Å². The van der Waals surface area contributed by atoms with Gasteiger partial charge in [-0.25, -0.2) is 0 Å². The first kappa shape index (κ1) is 14.1. The van der Waals surface area contributed by atoms with Crippen LogP contribution in [0.3, 0.4) is 0 Å². The van der Waals surface area contributed by atoms with Gasteiger partial charge in [0.1, 0.15) is 6.61 Å². The summed E-state index contributed by atoms with van der Waals surface area (Å²) in [5, 5.41) is 15.8. The van der Waals surface area contributed by atoms with Crippen LogP contribution in [0.15, 0.2) is 30.5 Å². The van der Waals surface area contributed by atoms with Crippen molar-refractivity contribution < 1.29 is 9.90 Å². The molecule has 6 heteroatoms. The van der Waals surface area contributed by atoms with Crippen molar-refractivity contribution in [2.75, 3.05) is 11.9 Å². The van der Waals surface area contributed by atoms with Crippen molar-refractivity contribution in [3.8, 4) is 11.8 Å². The van der Waals surface area contributed by atoms with E-state index in [1.165, 1.54) is 0 Å². The molecule has 1 heterocycles. The number of halogens is 1. The smallest absolute Gasteiger partial charge is 0.276 e. The SMILES string of the molecule is Cn1ccc(C(=O)Nc2cc(C#CCO)ccc2Cl)n1. The molecule has 0 spiro atoms. The van der Waals surface area contributed by atoms with Crippen LogP contribution in [-0.4, -0.2) is 27.4 Å². The predicted molar refractivity (Wildman–Crippen MR) is 76.6 cm³/mol. The number of rotatable bonds is 2. The molecule has 20 heavy (non-hydrogen) atoms. The topological polar surface area (TPSA) is 67.2 Å². The number of aliphatic hydroxyl groups is 1. The molecule has 0 atom stereocenters. The number of hydrogen-bond acceptors (Lipinski definition) is 3. The molecule has 5 nitrogen and oxygen atoms in total. The average molecular weight is 290 g/mol. The summed E-state index contributed by atoms with van der Waals surface area (Å²) < 4.78 is 1.54. The highest BCUT2D eigenvalue weighted by Gasteiger charge is 2.11. The summed E-state index contributed by atoms with van der Waals surface area (Å²) in [6.45, 7) is -0.224. The van der Waals surface area contributed by atoms with E-state index in [1.807, 2.05) is 0 Å². The van der Waals surface area contributed by atoms with E-state index in [9.17, 15) is 4.79 Å². The Kier molecular flexibility index (Phi) is 4.41. The fourth-order valence-corrected chi connectivity index (χ4v) is 1.73. The number of aliphatic hydroxyl groups excluding tert-OH is 1. The Morgan fingerprint density at radius 3 is 2.95 bits per heavy atom. The summed E-state index contributed by atoms with van der Waals surface area (Å²) >= 11 is 6.03. The molecular formula is C14H12ClN3O2. The van der Waals surface area contributed by atoms with E-state index in [2.05, 4.69) is 22.3 Å². The molecule has 0 saturated heterocycles. The van der Waals surface area contributed by atoms with Crippen molar-refractivity contribution in [3.05, 3.63) is 46.7 Å². The molecule has 0 aliphatic heterocycles. The van der Waals surface area contributed by atoms with E-state index in [1.54, 1.807) is 42.2 Å². The maximum atomic E-state index is 12.0. The van der Waals surface area contributed by atoms with Crippen LogP contribution >= 0.6 is 11.6 Å². The normalized spacial score (nSPS) is 9.75. The zero-order valence-electron chi connectivity index (χ0n) is 10.7. The molecule has 2 rings (SSSR count). The Bertz CT molecular complexity index is 698. The van der Waals surface area contributed by atoms with Crippen LogP contribution in [0.4, 0.5) is 5.69 Å². The zero-order chi connectivity index (χ0) is 14.5. The van der Waals surface area contributed by atoms with Gasteiger partial charge in [0.25, 0.3) is 5.91 Å². The highest BCUT2D eigenvalue weighted by molar-refractivity contribution is 6.34. The van der Waals surface area contributed by atoms with Crippen LogP contribution in [0.5, 0.6) is 0 Å². The van der Waals surface area contributed by atoms with Gasteiger partial charge >= 0.3 is 0 Å². The van der Waals surface area contributed by atoms with Gasteiger partial charge in [-0.15, -0.1) is 0 Å². The van der Waals surface area contributed by atoms with Crippen molar-refractivity contribution in [1.82, 2.24) is 9.78 Å². The number of hydrogen-bond donors (Lipinski definition) is 2. The number of benzene rings is 1. The van der Waals surface area contributed by atoms with Gasteiger partial charge in [0.05, 0.1) is 10.7 Å². The van der Waals surface area contributed by atoms with E-state index in [0.29, 0.717) is 22.0 Å². The number of nitrogens with zero attached hydrogens (tertiary/aromatic N) is 2. The summed E-state index contributed by atoms with van der Waals surface area (Å²) in [5.74, 6) is 4.94. The molecule has 0 radical (unpaired) electrons. The van der Waals surface area contributed by atoms with Gasteiger partial charge in [0, 0.05) is 18.8 Å². The number of anilines is 1. The first-order chi connectivity index (χ1) is 9.60. The fraction of sp³-hybridized carbons (Fsp3) is 0.143. The van der Waals surface area contributed by atoms with Crippen molar-refractivity contribution in [2.45, 2.75) is 0 Å². The van der Waals surface area contributed by atoms with Crippen molar-refractivity contribution in [3.63, 3.8) is 0 Å². The molecule has 0 unspecified atom stereocenters. The zero-order valence-corrected chi connectivity index (χ0v) is 11.5. The Balaban J connectivity index is 2.22. The summed E-state index contributed by atoms with van der Waals surface area (Å²) in [4.78, 5) is 12.0. The third-order valence-corrected chi connectivity index (χ3v) is 2.80. The van der Waals surface area contributed by atoms with E-state index < -0.39 is 0 Å². The first-order valence-corrected chi connectivity index (χ1v) is 6.18. The van der Waals surface area contributed by atoms with E-state index >= 15 is 0 Å². The second kappa shape index (κ2) is 6.24. The standard InChI is InChI=1S/C14H12ClN3O2/c1-18-7-6-12(17-18)14(20)16-13-9-10(3-2-8-19)4-5-11(13)15/h4-7,9,19H,8H2,1H3,(H,16,20). The number of carbonyl (C=O) groups is 1. The molecule has 1 amide bonds. The van der Waals surface area contributed by atoms with Crippen molar-refractivity contribution in [2.24, 2.45) is 7.05 Å². The second-order valence-electron chi connectivity index (χ2n) is 3.98. The van der Waals surface area contributed by atoms with Crippen LogP contribution in [0.1, 0.15) is 16.1 Å². The summed E-state index contributed by atoms with van der Waals surface area (Å²) in [7, 11) is 1.73. The molecule has 2 aromatic rings. The third kappa shape index (κ3) is 3.38. The minimum atomic E-state index is -0.347. The lowest BCUT2D eigenvalue weighted by Crippen LogP contribution is -2.13. The lowest BCUT2D eigenvalue weighted by atomic mass is 10.2. The summed E-state index contributed by atoms with van der Waals surface area (Å²) in [6, 6.07) is 6.60. The van der Waals surface area contributed by atoms with E-state index in [4.69, 9.17) is 16.7 Å². The van der Waals surface area contributed by atoms with Gasteiger partial charge in [0.2, 0.25) is 0 Å². The second-order valence-corrected chi connectivity index (χ2v) is 4.39. The number of aryl methyl sites for hydroxylation is 1. The van der Waals surface area contributed by atoms with E-state index in [0.717, 1.165) is 0 Å². The lowest BCUT2D eigenvalue weighted by Gasteiger charge is -2.06. The molecule has 1 aromatic heterocycles. The quantitative estimate of drug-likeness (QED) is 0.827. The molecule has 0 aliphatic carbocycles. The number of amides is 1. The van der Waals surface area contributed by atoms with Crippen molar-refractivity contribution in [1.29, 1.82) is 0 Å². The van der Waals surface area contributed by atoms with E-state index in [-0.39, 0.29) is 12.5 Å². The fourth-order valence-electron chi connectivity index (χ4n) is 1.56. The van der Waals surface area contributed by atoms with Gasteiger partial charge in [-0.05, 0) is 24.3 Å². The molecule has 2 N–H and O–H groups in total. The third-order valence-electron chi connectivity index (χ3n) is 2.47. The van der Waals surface area contributed by atoms with Gasteiger partial charge in [-0.2, -0.15) is 5.10 Å². The summed E-state index contributed by atoms with van der Waals surface area (Å²) in [6.07, 6.45) is 1.68. The van der Waals surface area contributed by atoms with Crippen LogP contribution in [0.25, 0.3) is 0 Å². The first-order valence-electron chi connectivity index (χ1n) is 5.80. The monoisotopic (exact) mass is 289 g/mol. The van der Waals surface area contributed by atoms with Gasteiger partial charge in [0.15, 0.2) is 5.69 Å². The average Bonchev–Trinajstić information content (AvgIpc) is 2.86. The largest absolute Gasteiger partial charge is 0.384 e. The molecule has 0 bridgehead atoms. The molecule has 0 fully saturated rings. The highest BCUT2D eigenvalue weighted by Crippen LogP contribution is 2.23. The Morgan fingerprint density at radius 1 is 1.50 bits per heavy atom. The Hall–Kier alpha value is -2.29. The predicted octanol–water partition coefficient (Wildman–Crippen LogP) is 1.67. The molecule has 0 aliphatic rings. The highest BCUT2D eigenvalue weighted by atomic mass is 35.5. The maximum Gasteiger partial charge on any atom is 0.276 e. The molecule has 102 valence electrons. The Morgan fingerprint density at radius 2 is 2.30 bits per heavy atom. The molecule has 1 aromatic carbocycles. The van der Waals surface area contributed by atoms with Crippen LogP contribution in [0.2, 0.25) is 5.02 Å². The van der Waals surface area contributed by atoms with Crippen LogP contribution in [0, 0.1) is 11.8 Å². The minimum absolute atomic E-state index is 0.224. The summed E-state index contributed by atoms with van der Waals surface area (Å²) in [5.41, 5.74) is 1.40. The van der Waals surface area contributed by atoms with Gasteiger partial charge in [-0.1, -0.05) is 23.4 Å².